The van der Waals surface area contributed by atoms with Crippen molar-refractivity contribution in [2.24, 2.45) is 0 Å². The van der Waals surface area contributed by atoms with Crippen LogP contribution in [-0.4, -0.2) is 25.4 Å². The molecule has 3 heterocycles. The number of hydrogen-bond acceptors (Lipinski definition) is 4. The first-order valence-electron chi connectivity index (χ1n) is 9.47. The van der Waals surface area contributed by atoms with Gasteiger partial charge in [-0.15, -0.1) is 0 Å². The molecule has 0 fully saturated rings. The number of aryl methyl sites for hydroxylation is 2. The van der Waals surface area contributed by atoms with Crippen molar-refractivity contribution in [1.82, 2.24) is 24.8 Å². The molecule has 148 valence electrons. The van der Waals surface area contributed by atoms with Crippen molar-refractivity contribution in [1.29, 1.82) is 0 Å². The molecule has 0 spiro atoms. The normalized spacial score (nSPS) is 11.0. The lowest BCUT2D eigenvalue weighted by Gasteiger charge is -2.06. The first kappa shape index (κ1) is 18.7. The summed E-state index contributed by atoms with van der Waals surface area (Å²) < 4.78 is 8.96. The summed E-state index contributed by atoms with van der Waals surface area (Å²) in [5, 5.41) is 11.4. The maximum Gasteiger partial charge on any atom is 0.253 e. The number of carbonyl (C=O) groups is 1. The molecule has 29 heavy (non-hydrogen) atoms. The highest BCUT2D eigenvalue weighted by Gasteiger charge is 2.18. The van der Waals surface area contributed by atoms with Gasteiger partial charge in [-0.05, 0) is 32.4 Å². The smallest absolute Gasteiger partial charge is 0.253 e. The van der Waals surface area contributed by atoms with Gasteiger partial charge in [0.05, 0.1) is 18.3 Å². The fraction of sp³-hybridized carbons (Fsp3) is 0.227. The van der Waals surface area contributed by atoms with Gasteiger partial charge < -0.3 is 9.84 Å². The second-order valence-corrected chi connectivity index (χ2v) is 7.13. The zero-order valence-electron chi connectivity index (χ0n) is 16.7. The van der Waals surface area contributed by atoms with Gasteiger partial charge in [0.1, 0.15) is 5.76 Å². The minimum absolute atomic E-state index is 0.125. The highest BCUT2D eigenvalue weighted by atomic mass is 16.5. The Kier molecular flexibility index (Phi) is 5.03. The third-order valence-corrected chi connectivity index (χ3v) is 4.85. The van der Waals surface area contributed by atoms with E-state index in [4.69, 9.17) is 4.52 Å². The Balaban J connectivity index is 1.43. The molecule has 1 N–H and O–H groups in total. The van der Waals surface area contributed by atoms with Crippen LogP contribution in [0.2, 0.25) is 0 Å². The van der Waals surface area contributed by atoms with Crippen LogP contribution in [0.4, 0.5) is 0 Å². The molecule has 1 aromatic carbocycles. The first-order chi connectivity index (χ1) is 14.0. The van der Waals surface area contributed by atoms with Crippen LogP contribution >= 0.6 is 0 Å². The largest absolute Gasteiger partial charge is 0.360 e. The molecule has 0 radical (unpaired) electrons. The Hall–Kier alpha value is -3.61. The highest BCUT2D eigenvalue weighted by Crippen LogP contribution is 2.20. The summed E-state index contributed by atoms with van der Waals surface area (Å²) >= 11 is 0. The monoisotopic (exact) mass is 389 g/mol. The van der Waals surface area contributed by atoms with Gasteiger partial charge in [0.2, 0.25) is 0 Å². The van der Waals surface area contributed by atoms with E-state index in [0.717, 1.165) is 22.7 Å². The molecule has 7 nitrogen and oxygen atoms in total. The predicted molar refractivity (Wildman–Crippen MR) is 109 cm³/mol. The van der Waals surface area contributed by atoms with Gasteiger partial charge in [-0.3, -0.25) is 14.0 Å². The second-order valence-electron chi connectivity index (χ2n) is 7.13. The first-order valence-corrected chi connectivity index (χ1v) is 9.47. The number of rotatable bonds is 6. The van der Waals surface area contributed by atoms with E-state index in [2.05, 4.69) is 27.7 Å². The van der Waals surface area contributed by atoms with Crippen LogP contribution in [0.15, 0.2) is 59.4 Å². The Morgan fingerprint density at radius 3 is 2.62 bits per heavy atom. The number of hydrogen-bond donors (Lipinski definition) is 1. The van der Waals surface area contributed by atoms with Crippen LogP contribution < -0.4 is 5.32 Å². The number of aromatic nitrogens is 4. The van der Waals surface area contributed by atoms with E-state index < -0.39 is 0 Å². The van der Waals surface area contributed by atoms with Gasteiger partial charge in [0, 0.05) is 35.8 Å². The molecule has 0 aliphatic heterocycles. The molecule has 4 aromatic rings. The van der Waals surface area contributed by atoms with Crippen molar-refractivity contribution in [2.75, 3.05) is 0 Å². The van der Waals surface area contributed by atoms with Crippen molar-refractivity contribution < 1.29 is 9.32 Å². The number of carbonyl (C=O) groups excluding carboxylic acids is 1. The van der Waals surface area contributed by atoms with Crippen LogP contribution in [0, 0.1) is 20.8 Å². The Bertz CT molecular complexity index is 1140. The molecule has 0 bridgehead atoms. The molecule has 0 unspecified atom stereocenters. The summed E-state index contributed by atoms with van der Waals surface area (Å²) in [5.74, 6) is 1.28. The van der Waals surface area contributed by atoms with E-state index in [1.54, 1.807) is 6.20 Å². The van der Waals surface area contributed by atoms with Gasteiger partial charge in [0.15, 0.2) is 5.82 Å². The predicted octanol–water partition coefficient (Wildman–Crippen LogP) is 3.57. The van der Waals surface area contributed by atoms with Crippen molar-refractivity contribution >= 4 is 5.91 Å². The third kappa shape index (κ3) is 3.99. The topological polar surface area (TPSA) is 77.9 Å². The van der Waals surface area contributed by atoms with Crippen LogP contribution in [0.25, 0.3) is 5.82 Å². The van der Waals surface area contributed by atoms with Crippen molar-refractivity contribution in [3.8, 4) is 5.82 Å². The third-order valence-electron chi connectivity index (χ3n) is 4.85. The maximum absolute atomic E-state index is 12.7. The zero-order valence-corrected chi connectivity index (χ0v) is 16.7. The SMILES string of the molecule is Cc1cc(-n2c(C)cc(C(=O)NCc3cnn(Cc4ccccc4)c3)c2C)no1. The summed E-state index contributed by atoms with van der Waals surface area (Å²) in [5.41, 5.74) is 4.52. The molecule has 0 saturated carbocycles. The minimum atomic E-state index is -0.125. The molecule has 0 atom stereocenters. The van der Waals surface area contributed by atoms with Crippen LogP contribution in [-0.2, 0) is 13.1 Å². The lowest BCUT2D eigenvalue weighted by atomic mass is 10.2. The van der Waals surface area contributed by atoms with E-state index in [0.29, 0.717) is 24.5 Å². The minimum Gasteiger partial charge on any atom is -0.360 e. The fourth-order valence-corrected chi connectivity index (χ4v) is 3.44. The van der Waals surface area contributed by atoms with Crippen LogP contribution in [0.1, 0.15) is 38.6 Å². The summed E-state index contributed by atoms with van der Waals surface area (Å²) in [7, 11) is 0. The summed E-state index contributed by atoms with van der Waals surface area (Å²) in [6.45, 7) is 6.81. The van der Waals surface area contributed by atoms with E-state index in [-0.39, 0.29) is 5.91 Å². The van der Waals surface area contributed by atoms with E-state index in [1.807, 2.05) is 66.5 Å². The number of amides is 1. The van der Waals surface area contributed by atoms with E-state index in [1.165, 1.54) is 5.56 Å². The van der Waals surface area contributed by atoms with Crippen LogP contribution in [0.3, 0.4) is 0 Å². The lowest BCUT2D eigenvalue weighted by molar-refractivity contribution is 0.0950. The Labute approximate surface area is 168 Å². The van der Waals surface area contributed by atoms with Crippen molar-refractivity contribution in [2.45, 2.75) is 33.9 Å². The molecule has 0 aliphatic rings. The molecule has 4 rings (SSSR count). The Morgan fingerprint density at radius 1 is 1.10 bits per heavy atom. The molecule has 7 heteroatoms. The number of benzene rings is 1. The quantitative estimate of drug-likeness (QED) is 0.547. The van der Waals surface area contributed by atoms with E-state index in [9.17, 15) is 4.79 Å². The fourth-order valence-electron chi connectivity index (χ4n) is 3.44. The van der Waals surface area contributed by atoms with Crippen LogP contribution in [0.5, 0.6) is 0 Å². The standard InChI is InChI=1S/C22H23N5O2/c1-15-9-20(17(3)27(15)21-10-16(2)29-25-21)22(28)23-11-19-12-24-26(14-19)13-18-7-5-4-6-8-18/h4-10,12,14H,11,13H2,1-3H3,(H,23,28). The summed E-state index contributed by atoms with van der Waals surface area (Å²) in [4.78, 5) is 12.7. The lowest BCUT2D eigenvalue weighted by Crippen LogP contribution is -2.23. The average Bonchev–Trinajstić information content (AvgIpc) is 3.40. The average molecular weight is 389 g/mol. The number of nitrogens with one attached hydrogen (secondary N) is 1. The van der Waals surface area contributed by atoms with Crippen molar-refractivity contribution in [3.05, 3.63) is 88.7 Å². The summed E-state index contributed by atoms with van der Waals surface area (Å²) in [6.07, 6.45) is 3.74. The number of nitrogens with zero attached hydrogens (tertiary/aromatic N) is 4. The highest BCUT2D eigenvalue weighted by molar-refractivity contribution is 5.95. The van der Waals surface area contributed by atoms with Gasteiger partial charge in [-0.1, -0.05) is 35.5 Å². The zero-order chi connectivity index (χ0) is 20.4. The van der Waals surface area contributed by atoms with E-state index >= 15 is 0 Å². The van der Waals surface area contributed by atoms with Crippen molar-refractivity contribution in [3.63, 3.8) is 0 Å². The Morgan fingerprint density at radius 2 is 1.90 bits per heavy atom. The molecular weight excluding hydrogens is 366 g/mol. The summed E-state index contributed by atoms with van der Waals surface area (Å²) in [6, 6.07) is 13.9. The second kappa shape index (κ2) is 7.79. The molecule has 1 amide bonds. The molecule has 0 saturated heterocycles. The van der Waals surface area contributed by atoms with Gasteiger partial charge in [-0.2, -0.15) is 5.10 Å². The molecule has 0 aliphatic carbocycles. The molecular formula is C22H23N5O2. The maximum atomic E-state index is 12.7. The van der Waals surface area contributed by atoms with Gasteiger partial charge in [0.25, 0.3) is 5.91 Å². The van der Waals surface area contributed by atoms with Gasteiger partial charge >= 0.3 is 0 Å². The van der Waals surface area contributed by atoms with Gasteiger partial charge in [-0.25, -0.2) is 0 Å². The molecule has 3 aromatic heterocycles.